The zero-order valence-electron chi connectivity index (χ0n) is 10.2. The molecule has 19 heavy (non-hydrogen) atoms. The highest BCUT2D eigenvalue weighted by atomic mass is 35.5. The molecule has 3 rings (SSSR count). The van der Waals surface area contributed by atoms with Crippen molar-refractivity contribution in [2.24, 2.45) is 0 Å². The van der Waals surface area contributed by atoms with Crippen molar-refractivity contribution in [1.82, 2.24) is 9.97 Å². The summed E-state index contributed by atoms with van der Waals surface area (Å²) in [5, 5.41) is 4.30. The van der Waals surface area contributed by atoms with Crippen molar-refractivity contribution in [1.29, 1.82) is 0 Å². The van der Waals surface area contributed by atoms with Gasteiger partial charge in [-0.1, -0.05) is 30.3 Å². The fourth-order valence-electron chi connectivity index (χ4n) is 1.94. The Morgan fingerprint density at radius 1 is 0.895 bits per heavy atom. The van der Waals surface area contributed by atoms with Gasteiger partial charge in [0, 0.05) is 11.1 Å². The largest absolute Gasteiger partial charge is 0.340 e. The third-order valence-electron chi connectivity index (χ3n) is 2.81. The van der Waals surface area contributed by atoms with Gasteiger partial charge < -0.3 is 5.32 Å². The topological polar surface area (TPSA) is 37.8 Å². The number of aromatic nitrogens is 2. The van der Waals surface area contributed by atoms with Gasteiger partial charge in [-0.25, -0.2) is 9.97 Å². The first-order valence-electron chi connectivity index (χ1n) is 6.00. The Hall–Kier alpha value is -2.13. The molecule has 4 heteroatoms. The van der Waals surface area contributed by atoms with Gasteiger partial charge in [-0.15, -0.1) is 11.6 Å². The summed E-state index contributed by atoms with van der Waals surface area (Å²) in [6.07, 6.45) is 0. The van der Waals surface area contributed by atoms with E-state index in [-0.39, 0.29) is 0 Å². The van der Waals surface area contributed by atoms with E-state index in [0.717, 1.165) is 22.4 Å². The van der Waals surface area contributed by atoms with E-state index >= 15 is 0 Å². The van der Waals surface area contributed by atoms with Crippen molar-refractivity contribution in [3.05, 3.63) is 60.4 Å². The van der Waals surface area contributed by atoms with Crippen LogP contribution in [0, 0.1) is 0 Å². The van der Waals surface area contributed by atoms with E-state index < -0.39 is 0 Å². The standard InChI is InChI=1S/C15H12ClN3/c16-10-14-18-13-9-5-4-8-12(13)15(19-14)17-11-6-2-1-3-7-11/h1-9H,10H2,(H,17,18,19). The van der Waals surface area contributed by atoms with Crippen LogP contribution < -0.4 is 5.32 Å². The van der Waals surface area contributed by atoms with E-state index in [0.29, 0.717) is 11.7 Å². The fraction of sp³-hybridized carbons (Fsp3) is 0.0667. The first kappa shape index (κ1) is 11.9. The molecule has 1 heterocycles. The van der Waals surface area contributed by atoms with E-state index in [9.17, 15) is 0 Å². The molecule has 2 aromatic carbocycles. The van der Waals surface area contributed by atoms with Gasteiger partial charge in [-0.3, -0.25) is 0 Å². The van der Waals surface area contributed by atoms with Crippen molar-refractivity contribution in [3.8, 4) is 0 Å². The first-order chi connectivity index (χ1) is 9.36. The number of anilines is 2. The number of hydrogen-bond acceptors (Lipinski definition) is 3. The van der Waals surface area contributed by atoms with Crippen LogP contribution in [0.4, 0.5) is 11.5 Å². The quantitative estimate of drug-likeness (QED) is 0.727. The second-order valence-corrected chi connectivity index (χ2v) is 4.40. The summed E-state index contributed by atoms with van der Waals surface area (Å²) >= 11 is 5.85. The van der Waals surface area contributed by atoms with Crippen LogP contribution in [0.2, 0.25) is 0 Å². The molecule has 0 atom stereocenters. The van der Waals surface area contributed by atoms with Crippen LogP contribution in [-0.4, -0.2) is 9.97 Å². The third kappa shape index (κ3) is 2.51. The van der Waals surface area contributed by atoms with Gasteiger partial charge in [0.05, 0.1) is 11.4 Å². The summed E-state index contributed by atoms with van der Waals surface area (Å²) in [7, 11) is 0. The van der Waals surface area contributed by atoms with E-state index in [1.807, 2.05) is 54.6 Å². The Labute approximate surface area is 116 Å². The Morgan fingerprint density at radius 3 is 2.42 bits per heavy atom. The lowest BCUT2D eigenvalue weighted by atomic mass is 10.2. The van der Waals surface area contributed by atoms with Gasteiger partial charge in [0.15, 0.2) is 0 Å². The number of para-hydroxylation sites is 2. The molecule has 1 N–H and O–H groups in total. The molecule has 0 saturated carbocycles. The SMILES string of the molecule is ClCc1nc(Nc2ccccc2)c2ccccc2n1. The number of halogens is 1. The van der Waals surface area contributed by atoms with Crippen LogP contribution in [-0.2, 0) is 5.88 Å². The minimum Gasteiger partial charge on any atom is -0.340 e. The van der Waals surface area contributed by atoms with Crippen molar-refractivity contribution >= 4 is 34.0 Å². The monoisotopic (exact) mass is 269 g/mol. The van der Waals surface area contributed by atoms with Crippen molar-refractivity contribution < 1.29 is 0 Å². The van der Waals surface area contributed by atoms with Crippen LogP contribution >= 0.6 is 11.6 Å². The molecule has 0 aliphatic carbocycles. The lowest BCUT2D eigenvalue weighted by Gasteiger charge is -2.09. The highest BCUT2D eigenvalue weighted by Gasteiger charge is 2.06. The van der Waals surface area contributed by atoms with Crippen molar-refractivity contribution in [3.63, 3.8) is 0 Å². The first-order valence-corrected chi connectivity index (χ1v) is 6.54. The summed E-state index contributed by atoms with van der Waals surface area (Å²) < 4.78 is 0. The van der Waals surface area contributed by atoms with Crippen LogP contribution in [0.15, 0.2) is 54.6 Å². The number of benzene rings is 2. The normalized spacial score (nSPS) is 10.6. The maximum Gasteiger partial charge on any atom is 0.146 e. The van der Waals surface area contributed by atoms with E-state index in [1.165, 1.54) is 0 Å². The van der Waals surface area contributed by atoms with Crippen LogP contribution in [0.1, 0.15) is 5.82 Å². The minimum atomic E-state index is 0.300. The summed E-state index contributed by atoms with van der Waals surface area (Å²) in [4.78, 5) is 8.87. The fourth-order valence-corrected chi connectivity index (χ4v) is 2.06. The summed E-state index contributed by atoms with van der Waals surface area (Å²) in [6.45, 7) is 0. The van der Waals surface area contributed by atoms with Crippen molar-refractivity contribution in [2.75, 3.05) is 5.32 Å². The van der Waals surface area contributed by atoms with Crippen LogP contribution in [0.3, 0.4) is 0 Å². The minimum absolute atomic E-state index is 0.300. The molecule has 0 bridgehead atoms. The average Bonchev–Trinajstić information content (AvgIpc) is 2.48. The molecule has 94 valence electrons. The average molecular weight is 270 g/mol. The third-order valence-corrected chi connectivity index (χ3v) is 3.04. The molecule has 1 aromatic heterocycles. The lowest BCUT2D eigenvalue weighted by Crippen LogP contribution is -2.00. The van der Waals surface area contributed by atoms with Crippen LogP contribution in [0.5, 0.6) is 0 Å². The molecule has 0 saturated heterocycles. The number of fused-ring (bicyclic) bond motifs is 1. The maximum atomic E-state index is 5.85. The van der Waals surface area contributed by atoms with Gasteiger partial charge in [0.25, 0.3) is 0 Å². The smallest absolute Gasteiger partial charge is 0.146 e. The molecule has 0 fully saturated rings. The molecular weight excluding hydrogens is 258 g/mol. The van der Waals surface area contributed by atoms with E-state index in [4.69, 9.17) is 11.6 Å². The second-order valence-electron chi connectivity index (χ2n) is 4.13. The number of hydrogen-bond donors (Lipinski definition) is 1. The second kappa shape index (κ2) is 5.24. The maximum absolute atomic E-state index is 5.85. The predicted molar refractivity (Wildman–Crippen MR) is 78.8 cm³/mol. The summed E-state index contributed by atoms with van der Waals surface area (Å²) in [5.74, 6) is 1.71. The van der Waals surface area contributed by atoms with E-state index in [2.05, 4.69) is 15.3 Å². The van der Waals surface area contributed by atoms with Gasteiger partial charge in [-0.05, 0) is 24.3 Å². The van der Waals surface area contributed by atoms with Gasteiger partial charge in [0.2, 0.25) is 0 Å². The number of alkyl halides is 1. The molecule has 0 amide bonds. The lowest BCUT2D eigenvalue weighted by molar-refractivity contribution is 1.07. The number of nitrogens with zero attached hydrogens (tertiary/aromatic N) is 2. The molecule has 0 spiro atoms. The molecule has 3 aromatic rings. The Kier molecular flexibility index (Phi) is 3.29. The molecule has 0 unspecified atom stereocenters. The number of nitrogens with one attached hydrogen (secondary N) is 1. The number of rotatable bonds is 3. The molecule has 0 aliphatic heterocycles. The molecule has 0 radical (unpaired) electrons. The predicted octanol–water partition coefficient (Wildman–Crippen LogP) is 4.11. The van der Waals surface area contributed by atoms with E-state index in [1.54, 1.807) is 0 Å². The van der Waals surface area contributed by atoms with Gasteiger partial charge in [-0.2, -0.15) is 0 Å². The highest BCUT2D eigenvalue weighted by Crippen LogP contribution is 2.23. The Balaban J connectivity index is 2.11. The van der Waals surface area contributed by atoms with Gasteiger partial charge in [0.1, 0.15) is 11.6 Å². The van der Waals surface area contributed by atoms with Crippen molar-refractivity contribution in [2.45, 2.75) is 5.88 Å². The zero-order chi connectivity index (χ0) is 13.1. The van der Waals surface area contributed by atoms with Crippen LogP contribution in [0.25, 0.3) is 10.9 Å². The molecular formula is C15H12ClN3. The highest BCUT2D eigenvalue weighted by molar-refractivity contribution is 6.16. The Morgan fingerprint density at radius 2 is 1.63 bits per heavy atom. The Bertz CT molecular complexity index is 698. The summed E-state index contributed by atoms with van der Waals surface area (Å²) in [6, 6.07) is 17.8. The summed E-state index contributed by atoms with van der Waals surface area (Å²) in [5.41, 5.74) is 1.89. The van der Waals surface area contributed by atoms with Gasteiger partial charge >= 0.3 is 0 Å². The zero-order valence-corrected chi connectivity index (χ0v) is 10.9. The molecule has 0 aliphatic rings. The molecule has 3 nitrogen and oxygen atoms in total.